The Hall–Kier alpha value is -2.35. The van der Waals surface area contributed by atoms with Gasteiger partial charge in [-0.3, -0.25) is 9.59 Å². The smallest absolute Gasteiger partial charge is 0.250 e. The first-order valence-electron chi connectivity index (χ1n) is 6.04. The molecular formula is C12H19N5O3. The van der Waals surface area contributed by atoms with Crippen molar-refractivity contribution in [3.8, 4) is 0 Å². The van der Waals surface area contributed by atoms with Crippen molar-refractivity contribution in [2.24, 2.45) is 5.73 Å². The van der Waals surface area contributed by atoms with Gasteiger partial charge in [0, 0.05) is 13.7 Å². The van der Waals surface area contributed by atoms with E-state index in [1.54, 1.807) is 14.0 Å². The second kappa shape index (κ2) is 7.29. The number of methoxy groups -OCH3 is 1. The van der Waals surface area contributed by atoms with E-state index in [9.17, 15) is 9.59 Å². The summed E-state index contributed by atoms with van der Waals surface area (Å²) in [5, 5.41) is 5.55. The van der Waals surface area contributed by atoms with Gasteiger partial charge in [-0.1, -0.05) is 0 Å². The summed E-state index contributed by atoms with van der Waals surface area (Å²) >= 11 is 0. The number of nitrogens with zero attached hydrogens (tertiary/aromatic N) is 1. The van der Waals surface area contributed by atoms with Crippen LogP contribution >= 0.6 is 0 Å². The molecule has 1 unspecified atom stereocenters. The van der Waals surface area contributed by atoms with Gasteiger partial charge in [0.15, 0.2) is 0 Å². The predicted octanol–water partition coefficient (Wildman–Crippen LogP) is -0.674. The summed E-state index contributed by atoms with van der Waals surface area (Å²) < 4.78 is 4.83. The maximum absolute atomic E-state index is 11.7. The van der Waals surface area contributed by atoms with Crippen molar-refractivity contribution in [1.29, 1.82) is 0 Å². The number of nitrogens with two attached hydrogens (primary N) is 2. The summed E-state index contributed by atoms with van der Waals surface area (Å²) in [5.41, 5.74) is 11.1. The number of nitrogen functional groups attached to an aromatic ring is 1. The molecule has 0 aliphatic heterocycles. The van der Waals surface area contributed by atoms with Gasteiger partial charge in [0.05, 0.1) is 24.1 Å². The van der Waals surface area contributed by atoms with Crippen molar-refractivity contribution in [3.63, 3.8) is 0 Å². The van der Waals surface area contributed by atoms with Crippen molar-refractivity contribution in [2.75, 3.05) is 31.3 Å². The third kappa shape index (κ3) is 4.39. The van der Waals surface area contributed by atoms with Crippen LogP contribution in [-0.2, 0) is 9.53 Å². The van der Waals surface area contributed by atoms with Gasteiger partial charge in [-0.2, -0.15) is 0 Å². The van der Waals surface area contributed by atoms with Crippen LogP contribution in [0.15, 0.2) is 12.3 Å². The first-order valence-corrected chi connectivity index (χ1v) is 6.04. The van der Waals surface area contributed by atoms with Crippen LogP contribution in [0.3, 0.4) is 0 Å². The molecule has 20 heavy (non-hydrogen) atoms. The van der Waals surface area contributed by atoms with Gasteiger partial charge in [-0.05, 0) is 13.0 Å². The maximum atomic E-state index is 11.7. The molecule has 2 amide bonds. The molecule has 1 rings (SSSR count). The molecule has 1 heterocycles. The number of hydrogen-bond acceptors (Lipinski definition) is 6. The fourth-order valence-electron chi connectivity index (χ4n) is 1.48. The van der Waals surface area contributed by atoms with E-state index in [1.807, 2.05) is 0 Å². The van der Waals surface area contributed by atoms with Crippen LogP contribution in [0.25, 0.3) is 0 Å². The Labute approximate surface area is 116 Å². The zero-order chi connectivity index (χ0) is 15.1. The molecule has 8 heteroatoms. The number of aromatic nitrogens is 1. The Bertz CT molecular complexity index is 492. The first kappa shape index (κ1) is 15.7. The largest absolute Gasteiger partial charge is 0.397 e. The predicted molar refractivity (Wildman–Crippen MR) is 75.1 cm³/mol. The molecule has 0 saturated carbocycles. The van der Waals surface area contributed by atoms with E-state index in [0.717, 1.165) is 0 Å². The molecule has 0 aliphatic carbocycles. The number of carbonyl (C=O) groups excluding carboxylic acids is 2. The third-order valence-electron chi connectivity index (χ3n) is 2.56. The van der Waals surface area contributed by atoms with Crippen molar-refractivity contribution < 1.29 is 14.3 Å². The molecule has 0 saturated heterocycles. The number of anilines is 2. The highest BCUT2D eigenvalue weighted by molar-refractivity contribution is 5.98. The van der Waals surface area contributed by atoms with Crippen LogP contribution in [0.4, 0.5) is 11.5 Å². The van der Waals surface area contributed by atoms with E-state index < -0.39 is 11.9 Å². The topological polar surface area (TPSA) is 132 Å². The van der Waals surface area contributed by atoms with E-state index in [0.29, 0.717) is 19.0 Å². The lowest BCUT2D eigenvalue weighted by Crippen LogP contribution is -2.39. The number of primary amides is 1. The molecule has 6 N–H and O–H groups in total. The van der Waals surface area contributed by atoms with Crippen LogP contribution < -0.4 is 22.1 Å². The number of ether oxygens (including phenoxy) is 1. The van der Waals surface area contributed by atoms with Gasteiger partial charge in [0.2, 0.25) is 5.91 Å². The van der Waals surface area contributed by atoms with Crippen molar-refractivity contribution in [1.82, 2.24) is 10.3 Å². The highest BCUT2D eigenvalue weighted by Crippen LogP contribution is 2.14. The number of hydrogen-bond donors (Lipinski definition) is 4. The minimum atomic E-state index is -0.648. The summed E-state index contributed by atoms with van der Waals surface area (Å²) in [6.07, 6.45) is 1.32. The highest BCUT2D eigenvalue weighted by Gasteiger charge is 2.14. The number of rotatable bonds is 7. The molecule has 0 bridgehead atoms. The summed E-state index contributed by atoms with van der Waals surface area (Å²) in [5.74, 6) is -0.506. The molecular weight excluding hydrogens is 262 g/mol. The standard InChI is InChI=1S/C12H19N5O3/c1-7(12(19)15-3-4-20-2)17-10-5-8(11(14)18)9(13)6-16-10/h5-7H,3-4,13H2,1-2H3,(H2,14,18)(H,15,19)(H,16,17). The highest BCUT2D eigenvalue weighted by atomic mass is 16.5. The third-order valence-corrected chi connectivity index (χ3v) is 2.56. The zero-order valence-corrected chi connectivity index (χ0v) is 11.5. The van der Waals surface area contributed by atoms with Gasteiger partial charge < -0.3 is 26.8 Å². The lowest BCUT2D eigenvalue weighted by atomic mass is 10.2. The van der Waals surface area contributed by atoms with Gasteiger partial charge in [0.25, 0.3) is 5.91 Å². The van der Waals surface area contributed by atoms with E-state index in [2.05, 4.69) is 15.6 Å². The van der Waals surface area contributed by atoms with Crippen molar-refractivity contribution >= 4 is 23.3 Å². The van der Waals surface area contributed by atoms with E-state index >= 15 is 0 Å². The van der Waals surface area contributed by atoms with Gasteiger partial charge in [-0.15, -0.1) is 0 Å². The number of pyridine rings is 1. The second-order valence-corrected chi connectivity index (χ2v) is 4.17. The van der Waals surface area contributed by atoms with Gasteiger partial charge in [0.1, 0.15) is 11.9 Å². The number of nitrogens with one attached hydrogen (secondary N) is 2. The summed E-state index contributed by atoms with van der Waals surface area (Å²) in [6, 6.07) is 0.889. The quantitative estimate of drug-likeness (QED) is 0.490. The van der Waals surface area contributed by atoms with Gasteiger partial charge in [-0.25, -0.2) is 4.98 Å². The van der Waals surface area contributed by atoms with Crippen LogP contribution in [-0.4, -0.2) is 43.1 Å². The summed E-state index contributed by atoms with van der Waals surface area (Å²) in [4.78, 5) is 26.9. The van der Waals surface area contributed by atoms with Crippen molar-refractivity contribution in [3.05, 3.63) is 17.8 Å². The SMILES string of the molecule is COCCNC(=O)C(C)Nc1cc(C(N)=O)c(N)cn1. The Morgan fingerprint density at radius 3 is 2.80 bits per heavy atom. The molecule has 110 valence electrons. The lowest BCUT2D eigenvalue weighted by molar-refractivity contribution is -0.121. The van der Waals surface area contributed by atoms with Crippen LogP contribution in [0.1, 0.15) is 17.3 Å². The van der Waals surface area contributed by atoms with Crippen LogP contribution in [0.2, 0.25) is 0 Å². The molecule has 1 atom stereocenters. The number of amides is 2. The minimum absolute atomic E-state index is 0.162. The van der Waals surface area contributed by atoms with E-state index in [1.165, 1.54) is 12.3 Å². The molecule has 0 aromatic carbocycles. The monoisotopic (exact) mass is 281 g/mol. The van der Waals surface area contributed by atoms with E-state index in [4.69, 9.17) is 16.2 Å². The first-order chi connectivity index (χ1) is 9.45. The fraction of sp³-hybridized carbons (Fsp3) is 0.417. The molecule has 1 aromatic rings. The normalized spacial score (nSPS) is 11.7. The Morgan fingerprint density at radius 1 is 1.50 bits per heavy atom. The average Bonchev–Trinajstić information content (AvgIpc) is 2.40. The van der Waals surface area contributed by atoms with Crippen LogP contribution in [0, 0.1) is 0 Å². The maximum Gasteiger partial charge on any atom is 0.250 e. The average molecular weight is 281 g/mol. The van der Waals surface area contributed by atoms with Crippen molar-refractivity contribution in [2.45, 2.75) is 13.0 Å². The zero-order valence-electron chi connectivity index (χ0n) is 11.5. The molecule has 0 aliphatic rings. The fourth-order valence-corrected chi connectivity index (χ4v) is 1.48. The van der Waals surface area contributed by atoms with Crippen LogP contribution in [0.5, 0.6) is 0 Å². The Kier molecular flexibility index (Phi) is 5.73. The number of carbonyl (C=O) groups is 2. The molecule has 0 fully saturated rings. The molecule has 1 aromatic heterocycles. The summed E-state index contributed by atoms with van der Waals surface area (Å²) in [7, 11) is 1.55. The van der Waals surface area contributed by atoms with E-state index in [-0.39, 0.29) is 17.2 Å². The van der Waals surface area contributed by atoms with Gasteiger partial charge >= 0.3 is 0 Å². The molecule has 0 spiro atoms. The summed E-state index contributed by atoms with van der Waals surface area (Å²) in [6.45, 7) is 2.53. The molecule has 0 radical (unpaired) electrons. The molecule has 8 nitrogen and oxygen atoms in total. The lowest BCUT2D eigenvalue weighted by Gasteiger charge is -2.15. The Balaban J connectivity index is 2.66. The minimum Gasteiger partial charge on any atom is -0.397 e. The Morgan fingerprint density at radius 2 is 2.20 bits per heavy atom. The second-order valence-electron chi connectivity index (χ2n) is 4.17.